The predicted molar refractivity (Wildman–Crippen MR) is 95.9 cm³/mol. The molecule has 0 aliphatic carbocycles. The van der Waals surface area contributed by atoms with E-state index >= 15 is 0 Å². The summed E-state index contributed by atoms with van der Waals surface area (Å²) < 4.78 is 0. The SMILES string of the molecule is CCC(=O)NCc1ccc(NC(=O)NCc2ccc(Cl)cc2)cc1. The summed E-state index contributed by atoms with van der Waals surface area (Å²) >= 11 is 5.82. The molecule has 0 unspecified atom stereocenters. The second-order valence-corrected chi connectivity index (χ2v) is 5.70. The highest BCUT2D eigenvalue weighted by atomic mass is 35.5. The lowest BCUT2D eigenvalue weighted by Crippen LogP contribution is -2.28. The van der Waals surface area contributed by atoms with E-state index in [1.165, 1.54) is 0 Å². The van der Waals surface area contributed by atoms with E-state index in [0.29, 0.717) is 30.2 Å². The van der Waals surface area contributed by atoms with Crippen LogP contribution in [0.25, 0.3) is 0 Å². The molecule has 0 bridgehead atoms. The molecule has 0 fully saturated rings. The van der Waals surface area contributed by atoms with Crippen LogP contribution in [0.5, 0.6) is 0 Å². The standard InChI is InChI=1S/C18H20ClN3O2/c1-2-17(23)20-11-14-5-9-16(10-6-14)22-18(24)21-12-13-3-7-15(19)8-4-13/h3-10H,2,11-12H2,1H3,(H,20,23)(H2,21,22,24). The molecule has 0 saturated carbocycles. The molecule has 3 amide bonds. The molecule has 0 atom stereocenters. The highest BCUT2D eigenvalue weighted by Crippen LogP contribution is 2.11. The van der Waals surface area contributed by atoms with Gasteiger partial charge in [0.15, 0.2) is 0 Å². The first-order chi connectivity index (χ1) is 11.6. The van der Waals surface area contributed by atoms with Crippen molar-refractivity contribution >= 4 is 29.2 Å². The number of amides is 3. The molecule has 0 saturated heterocycles. The topological polar surface area (TPSA) is 70.2 Å². The van der Waals surface area contributed by atoms with Gasteiger partial charge in [-0.2, -0.15) is 0 Å². The molecule has 3 N–H and O–H groups in total. The van der Waals surface area contributed by atoms with Crippen LogP contribution in [0.4, 0.5) is 10.5 Å². The Bertz CT molecular complexity index is 684. The molecule has 0 aliphatic heterocycles. The monoisotopic (exact) mass is 345 g/mol. The van der Waals surface area contributed by atoms with Gasteiger partial charge in [-0.1, -0.05) is 42.8 Å². The molecule has 24 heavy (non-hydrogen) atoms. The zero-order valence-corrected chi connectivity index (χ0v) is 14.2. The lowest BCUT2D eigenvalue weighted by atomic mass is 10.2. The summed E-state index contributed by atoms with van der Waals surface area (Å²) in [7, 11) is 0. The molecular weight excluding hydrogens is 326 g/mol. The molecule has 6 heteroatoms. The third-order valence-electron chi connectivity index (χ3n) is 3.39. The zero-order chi connectivity index (χ0) is 17.4. The Labute approximate surface area is 146 Å². The van der Waals surface area contributed by atoms with Gasteiger partial charge < -0.3 is 16.0 Å². The average Bonchev–Trinajstić information content (AvgIpc) is 2.60. The van der Waals surface area contributed by atoms with Crippen molar-refractivity contribution in [1.29, 1.82) is 0 Å². The third-order valence-corrected chi connectivity index (χ3v) is 3.64. The van der Waals surface area contributed by atoms with E-state index < -0.39 is 0 Å². The first-order valence-electron chi connectivity index (χ1n) is 7.71. The minimum absolute atomic E-state index is 0.0128. The molecule has 2 aromatic carbocycles. The summed E-state index contributed by atoms with van der Waals surface area (Å²) in [4.78, 5) is 23.1. The van der Waals surface area contributed by atoms with Gasteiger partial charge in [0.05, 0.1) is 0 Å². The molecule has 5 nitrogen and oxygen atoms in total. The van der Waals surface area contributed by atoms with Gasteiger partial charge in [-0.15, -0.1) is 0 Å². The molecule has 0 aliphatic rings. The van der Waals surface area contributed by atoms with Crippen LogP contribution >= 0.6 is 11.6 Å². The summed E-state index contributed by atoms with van der Waals surface area (Å²) in [6.07, 6.45) is 0.466. The lowest BCUT2D eigenvalue weighted by Gasteiger charge is -2.09. The van der Waals surface area contributed by atoms with Crippen molar-refractivity contribution in [2.45, 2.75) is 26.4 Å². The van der Waals surface area contributed by atoms with Crippen LogP contribution in [0.2, 0.25) is 5.02 Å². The number of carbonyl (C=O) groups is 2. The van der Waals surface area contributed by atoms with Gasteiger partial charge >= 0.3 is 6.03 Å². The fraction of sp³-hybridized carbons (Fsp3) is 0.222. The van der Waals surface area contributed by atoms with Crippen LogP contribution in [0, 0.1) is 0 Å². The van der Waals surface area contributed by atoms with Gasteiger partial charge in [0.2, 0.25) is 5.91 Å². The number of nitrogens with one attached hydrogen (secondary N) is 3. The van der Waals surface area contributed by atoms with Crippen molar-refractivity contribution in [3.05, 3.63) is 64.7 Å². The largest absolute Gasteiger partial charge is 0.352 e. The van der Waals surface area contributed by atoms with Gasteiger partial charge in [0, 0.05) is 30.2 Å². The Morgan fingerprint density at radius 2 is 1.42 bits per heavy atom. The number of urea groups is 1. The number of carbonyl (C=O) groups excluding carboxylic acids is 2. The van der Waals surface area contributed by atoms with E-state index in [2.05, 4.69) is 16.0 Å². The molecule has 0 spiro atoms. The highest BCUT2D eigenvalue weighted by Gasteiger charge is 2.03. The Morgan fingerprint density at radius 3 is 2.00 bits per heavy atom. The Balaban J connectivity index is 1.79. The van der Waals surface area contributed by atoms with Crippen molar-refractivity contribution in [3.8, 4) is 0 Å². The average molecular weight is 346 g/mol. The zero-order valence-electron chi connectivity index (χ0n) is 13.4. The molecule has 2 rings (SSSR count). The van der Waals surface area contributed by atoms with Gasteiger partial charge in [0.1, 0.15) is 0 Å². The van der Waals surface area contributed by atoms with Gasteiger partial charge in [0.25, 0.3) is 0 Å². The molecule has 0 aromatic heterocycles. The summed E-state index contributed by atoms with van der Waals surface area (Å²) in [5, 5.41) is 9.01. The summed E-state index contributed by atoms with van der Waals surface area (Å²) in [5.41, 5.74) is 2.63. The first kappa shape index (κ1) is 17.8. The molecule has 126 valence electrons. The third kappa shape index (κ3) is 5.93. The minimum Gasteiger partial charge on any atom is -0.352 e. The van der Waals surface area contributed by atoms with Crippen LogP contribution in [0.3, 0.4) is 0 Å². The van der Waals surface area contributed by atoms with Crippen molar-refractivity contribution < 1.29 is 9.59 Å². The van der Waals surface area contributed by atoms with Crippen LogP contribution in [-0.2, 0) is 17.9 Å². The van der Waals surface area contributed by atoms with Crippen LogP contribution in [-0.4, -0.2) is 11.9 Å². The summed E-state index contributed by atoms with van der Waals surface area (Å²) in [6, 6.07) is 14.3. The number of halogens is 1. The highest BCUT2D eigenvalue weighted by molar-refractivity contribution is 6.30. The van der Waals surface area contributed by atoms with E-state index in [1.54, 1.807) is 24.3 Å². The van der Waals surface area contributed by atoms with Gasteiger partial charge in [-0.25, -0.2) is 4.79 Å². The first-order valence-corrected chi connectivity index (χ1v) is 8.09. The van der Waals surface area contributed by atoms with Gasteiger partial charge in [-0.05, 0) is 35.4 Å². The van der Waals surface area contributed by atoms with E-state index in [1.807, 2.05) is 31.2 Å². The van der Waals surface area contributed by atoms with Crippen LogP contribution in [0.1, 0.15) is 24.5 Å². The number of anilines is 1. The maximum atomic E-state index is 11.9. The smallest absolute Gasteiger partial charge is 0.319 e. The quantitative estimate of drug-likeness (QED) is 0.747. The second kappa shape index (κ2) is 8.93. The molecule has 2 aromatic rings. The van der Waals surface area contributed by atoms with Crippen molar-refractivity contribution in [2.75, 3.05) is 5.32 Å². The van der Waals surface area contributed by atoms with Crippen molar-refractivity contribution in [1.82, 2.24) is 10.6 Å². The second-order valence-electron chi connectivity index (χ2n) is 5.26. The number of rotatable bonds is 6. The molecule has 0 radical (unpaired) electrons. The minimum atomic E-state index is -0.281. The normalized spacial score (nSPS) is 10.1. The summed E-state index contributed by atoms with van der Waals surface area (Å²) in [5.74, 6) is 0.0128. The van der Waals surface area contributed by atoms with Crippen molar-refractivity contribution in [3.63, 3.8) is 0 Å². The van der Waals surface area contributed by atoms with Crippen LogP contribution in [0.15, 0.2) is 48.5 Å². The maximum absolute atomic E-state index is 11.9. The van der Waals surface area contributed by atoms with Crippen molar-refractivity contribution in [2.24, 2.45) is 0 Å². The van der Waals surface area contributed by atoms with E-state index in [4.69, 9.17) is 11.6 Å². The Kier molecular flexibility index (Phi) is 6.63. The predicted octanol–water partition coefficient (Wildman–Crippen LogP) is 3.69. The molecule has 0 heterocycles. The van der Waals surface area contributed by atoms with Gasteiger partial charge in [-0.3, -0.25) is 4.79 Å². The Morgan fingerprint density at radius 1 is 0.875 bits per heavy atom. The Hall–Kier alpha value is -2.53. The van der Waals surface area contributed by atoms with E-state index in [0.717, 1.165) is 11.1 Å². The van der Waals surface area contributed by atoms with E-state index in [-0.39, 0.29) is 11.9 Å². The molecular formula is C18H20ClN3O2. The number of hydrogen-bond acceptors (Lipinski definition) is 2. The number of hydrogen-bond donors (Lipinski definition) is 3. The number of benzene rings is 2. The maximum Gasteiger partial charge on any atom is 0.319 e. The van der Waals surface area contributed by atoms with E-state index in [9.17, 15) is 9.59 Å². The summed E-state index contributed by atoms with van der Waals surface area (Å²) in [6.45, 7) is 2.71. The van der Waals surface area contributed by atoms with Crippen LogP contribution < -0.4 is 16.0 Å². The fourth-order valence-electron chi connectivity index (χ4n) is 1.99. The lowest BCUT2D eigenvalue weighted by molar-refractivity contribution is -0.120. The fourth-order valence-corrected chi connectivity index (χ4v) is 2.12.